The summed E-state index contributed by atoms with van der Waals surface area (Å²) in [5, 5.41) is 0. The molecule has 0 spiro atoms. The van der Waals surface area contributed by atoms with Crippen LogP contribution in [0.5, 0.6) is 0 Å². The normalized spacial score (nSPS) is 12.5. The lowest BCUT2D eigenvalue weighted by Gasteiger charge is -2.28. The lowest BCUT2D eigenvalue weighted by atomic mass is 10.1. The van der Waals surface area contributed by atoms with Crippen molar-refractivity contribution in [3.8, 4) is 0 Å². The Morgan fingerprint density at radius 1 is 0.622 bits per heavy atom. The molecule has 0 radical (unpaired) electrons. The molecule has 0 N–H and O–H groups in total. The third-order valence-electron chi connectivity index (χ3n) is 7.04. The Bertz CT molecular complexity index is 1530. The number of benzene rings is 4. The highest BCUT2D eigenvalue weighted by atomic mass is 16.5. The van der Waals surface area contributed by atoms with Crippen molar-refractivity contribution in [1.29, 1.82) is 0 Å². The van der Waals surface area contributed by atoms with Gasteiger partial charge < -0.3 is 9.64 Å². The second-order valence-electron chi connectivity index (χ2n) is 10.4. The van der Waals surface area contributed by atoms with E-state index in [-0.39, 0.29) is 0 Å². The topological polar surface area (TPSA) is 12.5 Å². The third-order valence-corrected chi connectivity index (χ3v) is 7.04. The fraction of sp³-hybridized carbons (Fsp3) is 0.116. The maximum atomic E-state index is 6.25. The van der Waals surface area contributed by atoms with Crippen LogP contribution in [-0.2, 0) is 4.74 Å². The Kier molecular flexibility index (Phi) is 13.3. The Hall–Kier alpha value is -5.34. The monoisotopic (exact) mass is 589 g/mol. The van der Waals surface area contributed by atoms with Crippen LogP contribution in [0.2, 0.25) is 0 Å². The number of unbranched alkanes of at least 4 members (excludes halogenated alkanes) is 1. The van der Waals surface area contributed by atoms with Crippen LogP contribution in [0.15, 0.2) is 170 Å². The smallest absolute Gasteiger partial charge is 0.142 e. The Labute approximate surface area is 270 Å². The first-order chi connectivity index (χ1) is 22.2. The van der Waals surface area contributed by atoms with E-state index in [1.165, 1.54) is 11.1 Å². The lowest BCUT2D eigenvalue weighted by molar-refractivity contribution is 0.217. The van der Waals surface area contributed by atoms with E-state index in [9.17, 15) is 0 Å². The molecule has 0 atom stereocenters. The summed E-state index contributed by atoms with van der Waals surface area (Å²) in [6, 6.07) is 37.8. The van der Waals surface area contributed by atoms with Gasteiger partial charge in [0.15, 0.2) is 0 Å². The molecule has 4 aromatic rings. The quantitative estimate of drug-likeness (QED) is 0.0777. The average molecular weight is 590 g/mol. The first-order valence-electron chi connectivity index (χ1n) is 15.6. The van der Waals surface area contributed by atoms with Gasteiger partial charge in [0.2, 0.25) is 0 Å². The Balaban J connectivity index is 1.62. The third kappa shape index (κ3) is 10.4. The first-order valence-corrected chi connectivity index (χ1v) is 15.6. The van der Waals surface area contributed by atoms with Gasteiger partial charge in [-0.25, -0.2) is 0 Å². The molecule has 45 heavy (non-hydrogen) atoms. The maximum absolute atomic E-state index is 6.25. The van der Waals surface area contributed by atoms with Crippen LogP contribution in [0.1, 0.15) is 48.9 Å². The van der Waals surface area contributed by atoms with Crippen LogP contribution in [0.25, 0.3) is 24.3 Å². The highest BCUT2D eigenvalue weighted by Crippen LogP contribution is 2.33. The van der Waals surface area contributed by atoms with E-state index in [4.69, 9.17) is 4.74 Å². The molecular weight excluding hydrogens is 546 g/mol. The molecule has 2 nitrogen and oxygen atoms in total. The number of hydrogen-bond acceptors (Lipinski definition) is 2. The van der Waals surface area contributed by atoms with Gasteiger partial charge in [0.1, 0.15) is 5.76 Å². The van der Waals surface area contributed by atoms with Crippen LogP contribution in [0, 0.1) is 0 Å². The molecule has 0 aliphatic heterocycles. The van der Waals surface area contributed by atoms with Crippen molar-refractivity contribution in [2.24, 2.45) is 0 Å². The number of nitrogens with zero attached hydrogens (tertiary/aromatic N) is 1. The SMILES string of the molecule is C=C/C(OCCCC)=C(\C=C/C)N(c1ccc(/C=C/C=C/c2ccccc2)cc1)c1ccc(/C=C/C=C/c2ccccc2)cc1. The Morgan fingerprint density at radius 2 is 1.04 bits per heavy atom. The predicted octanol–water partition coefficient (Wildman–Crippen LogP) is 12.1. The van der Waals surface area contributed by atoms with E-state index in [2.05, 4.69) is 146 Å². The van der Waals surface area contributed by atoms with Crippen LogP contribution >= 0.6 is 0 Å². The van der Waals surface area contributed by atoms with Crippen LogP contribution in [-0.4, -0.2) is 6.61 Å². The van der Waals surface area contributed by atoms with Crippen molar-refractivity contribution in [3.63, 3.8) is 0 Å². The van der Waals surface area contributed by atoms with Gasteiger partial charge in [0.05, 0.1) is 12.3 Å². The fourth-order valence-corrected chi connectivity index (χ4v) is 4.68. The van der Waals surface area contributed by atoms with Gasteiger partial charge in [-0.1, -0.05) is 160 Å². The standard InChI is InChI=1S/C43H43NO/c1-4-7-35-45-43(6-3)42(18-5-2)44(40-31-27-38(28-32-40)25-16-14-23-36-19-10-8-11-20-36)41-33-29-39(30-34-41)26-17-15-24-37-21-12-9-13-22-37/h5-6,8-34H,3-4,7,35H2,1-2H3/b18-5-,23-14+,24-15+,25-16+,26-17+,43-42-. The minimum absolute atomic E-state index is 0.646. The van der Waals surface area contributed by atoms with Crippen molar-refractivity contribution in [3.05, 3.63) is 192 Å². The molecule has 0 saturated carbocycles. The molecule has 0 unspecified atom stereocenters. The summed E-state index contributed by atoms with van der Waals surface area (Å²) in [6.07, 6.45) is 24.7. The van der Waals surface area contributed by atoms with Gasteiger partial charge in [0, 0.05) is 11.4 Å². The molecule has 0 aliphatic carbocycles. The summed E-state index contributed by atoms with van der Waals surface area (Å²) in [4.78, 5) is 2.23. The minimum atomic E-state index is 0.646. The van der Waals surface area contributed by atoms with Gasteiger partial charge in [-0.3, -0.25) is 0 Å². The molecule has 4 rings (SSSR count). The summed E-state index contributed by atoms with van der Waals surface area (Å²) in [7, 11) is 0. The van der Waals surface area contributed by atoms with E-state index in [1.54, 1.807) is 0 Å². The summed E-state index contributed by atoms with van der Waals surface area (Å²) in [5.41, 5.74) is 7.62. The maximum Gasteiger partial charge on any atom is 0.142 e. The predicted molar refractivity (Wildman–Crippen MR) is 197 cm³/mol. The fourth-order valence-electron chi connectivity index (χ4n) is 4.68. The first kappa shape index (κ1) is 32.6. The van der Waals surface area contributed by atoms with Gasteiger partial charge in [-0.2, -0.15) is 0 Å². The molecule has 226 valence electrons. The van der Waals surface area contributed by atoms with Gasteiger partial charge in [-0.05, 0) is 72.0 Å². The number of rotatable bonds is 15. The zero-order chi connectivity index (χ0) is 31.5. The summed E-state index contributed by atoms with van der Waals surface area (Å²) in [6.45, 7) is 8.93. The molecule has 0 aliphatic rings. The van der Waals surface area contributed by atoms with Crippen LogP contribution in [0.4, 0.5) is 11.4 Å². The van der Waals surface area contributed by atoms with Crippen molar-refractivity contribution < 1.29 is 4.74 Å². The molecule has 0 heterocycles. The molecular formula is C43H43NO. The summed E-state index contributed by atoms with van der Waals surface area (Å²) >= 11 is 0. The number of anilines is 2. The number of allylic oxidation sites excluding steroid dienone is 7. The largest absolute Gasteiger partial charge is 0.491 e. The Morgan fingerprint density at radius 3 is 1.42 bits per heavy atom. The number of ether oxygens (including phenoxy) is 1. The van der Waals surface area contributed by atoms with Gasteiger partial charge in [-0.15, -0.1) is 0 Å². The number of hydrogen-bond donors (Lipinski definition) is 0. The molecule has 4 aromatic carbocycles. The highest BCUT2D eigenvalue weighted by Gasteiger charge is 2.17. The summed E-state index contributed by atoms with van der Waals surface area (Å²) in [5.74, 6) is 0.756. The molecule has 2 heteroatoms. The van der Waals surface area contributed by atoms with E-state index in [0.29, 0.717) is 6.61 Å². The van der Waals surface area contributed by atoms with Gasteiger partial charge in [0.25, 0.3) is 0 Å². The second-order valence-corrected chi connectivity index (χ2v) is 10.4. The van der Waals surface area contributed by atoms with E-state index in [1.807, 2.05) is 55.5 Å². The van der Waals surface area contributed by atoms with Crippen molar-refractivity contribution in [1.82, 2.24) is 0 Å². The van der Waals surface area contributed by atoms with Gasteiger partial charge >= 0.3 is 0 Å². The molecule has 0 fully saturated rings. The van der Waals surface area contributed by atoms with Crippen molar-refractivity contribution in [2.75, 3.05) is 11.5 Å². The molecule has 0 aromatic heterocycles. The zero-order valence-electron chi connectivity index (χ0n) is 26.4. The minimum Gasteiger partial charge on any atom is -0.491 e. The van der Waals surface area contributed by atoms with Crippen molar-refractivity contribution >= 4 is 35.7 Å². The molecule has 0 saturated heterocycles. The molecule has 0 amide bonds. The zero-order valence-corrected chi connectivity index (χ0v) is 26.4. The summed E-state index contributed by atoms with van der Waals surface area (Å²) < 4.78 is 6.25. The van der Waals surface area contributed by atoms with E-state index >= 15 is 0 Å². The van der Waals surface area contributed by atoms with Crippen LogP contribution in [0.3, 0.4) is 0 Å². The molecule has 0 bridgehead atoms. The van der Waals surface area contributed by atoms with Crippen LogP contribution < -0.4 is 4.90 Å². The highest BCUT2D eigenvalue weighted by molar-refractivity contribution is 5.73. The van der Waals surface area contributed by atoms with E-state index in [0.717, 1.165) is 46.8 Å². The van der Waals surface area contributed by atoms with E-state index < -0.39 is 0 Å². The average Bonchev–Trinajstić information content (AvgIpc) is 3.09. The van der Waals surface area contributed by atoms with Crippen molar-refractivity contribution in [2.45, 2.75) is 26.7 Å². The lowest BCUT2D eigenvalue weighted by Crippen LogP contribution is -2.18. The second kappa shape index (κ2) is 18.4.